The molecule has 2 aliphatic rings. The molecule has 0 radical (unpaired) electrons. The van der Waals surface area contributed by atoms with Crippen molar-refractivity contribution in [2.45, 2.75) is 58.0 Å². The molecule has 3 N–H and O–H groups in total. The molecule has 1 aliphatic carbocycles. The van der Waals surface area contributed by atoms with Crippen molar-refractivity contribution in [3.05, 3.63) is 0 Å². The Morgan fingerprint density at radius 2 is 1.88 bits per heavy atom. The minimum absolute atomic E-state index is 0.204. The first-order valence-electron chi connectivity index (χ1n) is 7.29. The Morgan fingerprint density at radius 1 is 1.18 bits per heavy atom. The van der Waals surface area contributed by atoms with Gasteiger partial charge in [0.2, 0.25) is 0 Å². The first-order chi connectivity index (χ1) is 8.16. The number of hydrogen-bond donors (Lipinski definition) is 2. The molecular weight excluding hydrogens is 212 g/mol. The van der Waals surface area contributed by atoms with Crippen LogP contribution in [0, 0.1) is 11.8 Å². The van der Waals surface area contributed by atoms with Crippen molar-refractivity contribution in [2.24, 2.45) is 17.6 Å². The van der Waals surface area contributed by atoms with Gasteiger partial charge < -0.3 is 4.90 Å². The number of nitrogens with two attached hydrogens (primary N) is 1. The van der Waals surface area contributed by atoms with Crippen LogP contribution in [0.15, 0.2) is 0 Å². The Kier molecular flexibility index (Phi) is 4.57. The van der Waals surface area contributed by atoms with Gasteiger partial charge in [-0.2, -0.15) is 0 Å². The van der Waals surface area contributed by atoms with Gasteiger partial charge in [0, 0.05) is 12.3 Å². The summed E-state index contributed by atoms with van der Waals surface area (Å²) in [6.07, 6.45) is 8.46. The van der Waals surface area contributed by atoms with Crippen LogP contribution in [0.25, 0.3) is 0 Å². The summed E-state index contributed by atoms with van der Waals surface area (Å²) in [5.74, 6) is 1.64. The van der Waals surface area contributed by atoms with Gasteiger partial charge in [0.25, 0.3) is 0 Å². The van der Waals surface area contributed by atoms with Crippen molar-refractivity contribution in [3.8, 4) is 0 Å². The van der Waals surface area contributed by atoms with Crippen LogP contribution >= 0.6 is 0 Å². The van der Waals surface area contributed by atoms with Crippen molar-refractivity contribution < 1.29 is 9.69 Å². The fourth-order valence-corrected chi connectivity index (χ4v) is 3.28. The highest BCUT2D eigenvalue weighted by Crippen LogP contribution is 2.28. The van der Waals surface area contributed by atoms with Gasteiger partial charge >= 0.3 is 0 Å². The number of rotatable bonds is 3. The second-order valence-electron chi connectivity index (χ2n) is 6.11. The van der Waals surface area contributed by atoms with Crippen LogP contribution < -0.4 is 10.6 Å². The molecule has 3 heteroatoms. The lowest BCUT2D eigenvalue weighted by Crippen LogP contribution is -3.19. The lowest BCUT2D eigenvalue weighted by atomic mass is 9.81. The quantitative estimate of drug-likeness (QED) is 0.763. The molecule has 0 spiro atoms. The van der Waals surface area contributed by atoms with E-state index in [1.54, 1.807) is 0 Å². The summed E-state index contributed by atoms with van der Waals surface area (Å²) in [4.78, 5) is 13.6. The monoisotopic (exact) mass is 239 g/mol. The zero-order valence-electron chi connectivity index (χ0n) is 11.1. The SMILES string of the molecule is CC1CCC(C(=O)C[NH+]2CCCCC2N)CC1. The summed E-state index contributed by atoms with van der Waals surface area (Å²) < 4.78 is 0. The second kappa shape index (κ2) is 5.96. The standard InChI is InChI=1S/C14H26N2O/c1-11-5-7-12(8-6-11)13(17)10-16-9-3-2-4-14(16)15/h11-12,14H,2-10,15H2,1H3/p+1. The molecule has 2 rings (SSSR count). The number of piperidine rings is 1. The van der Waals surface area contributed by atoms with Crippen LogP contribution in [0.5, 0.6) is 0 Å². The Balaban J connectivity index is 1.79. The van der Waals surface area contributed by atoms with Crippen molar-refractivity contribution in [3.63, 3.8) is 0 Å². The molecule has 0 amide bonds. The van der Waals surface area contributed by atoms with Gasteiger partial charge in [-0.1, -0.05) is 19.8 Å². The molecule has 0 bridgehead atoms. The van der Waals surface area contributed by atoms with Gasteiger partial charge in [-0.05, 0) is 31.6 Å². The Hall–Kier alpha value is -0.410. The fraction of sp³-hybridized carbons (Fsp3) is 0.929. The van der Waals surface area contributed by atoms with Crippen molar-refractivity contribution in [1.82, 2.24) is 0 Å². The van der Waals surface area contributed by atoms with Gasteiger partial charge in [-0.15, -0.1) is 0 Å². The van der Waals surface area contributed by atoms with Gasteiger partial charge in [-0.3, -0.25) is 10.5 Å². The number of carbonyl (C=O) groups is 1. The van der Waals surface area contributed by atoms with E-state index in [0.717, 1.165) is 31.7 Å². The summed E-state index contributed by atoms with van der Waals surface area (Å²) in [7, 11) is 0. The van der Waals surface area contributed by atoms with E-state index >= 15 is 0 Å². The van der Waals surface area contributed by atoms with E-state index in [0.29, 0.717) is 18.2 Å². The van der Waals surface area contributed by atoms with Crippen LogP contribution in [0.2, 0.25) is 0 Å². The molecule has 1 saturated heterocycles. The molecule has 3 nitrogen and oxygen atoms in total. The molecular formula is C14H27N2O+. The average Bonchev–Trinajstić information content (AvgIpc) is 2.33. The van der Waals surface area contributed by atoms with Crippen LogP contribution in [-0.2, 0) is 4.79 Å². The number of Topliss-reactive ketones (excluding diaryl/α,β-unsaturated/α-hetero) is 1. The highest BCUT2D eigenvalue weighted by atomic mass is 16.1. The van der Waals surface area contributed by atoms with Crippen LogP contribution in [0.1, 0.15) is 51.9 Å². The third kappa shape index (κ3) is 3.52. The second-order valence-corrected chi connectivity index (χ2v) is 6.11. The number of ketones is 1. The molecule has 1 aliphatic heterocycles. The van der Waals surface area contributed by atoms with Crippen LogP contribution in [0.4, 0.5) is 0 Å². The first kappa shape index (κ1) is 13.0. The summed E-state index contributed by atoms with van der Waals surface area (Å²) in [6, 6.07) is 0. The normalized spacial score (nSPS) is 38.9. The number of hydrogen-bond acceptors (Lipinski definition) is 2. The number of carbonyl (C=O) groups excluding carboxylic acids is 1. The van der Waals surface area contributed by atoms with E-state index in [-0.39, 0.29) is 6.17 Å². The molecule has 98 valence electrons. The van der Waals surface area contributed by atoms with E-state index < -0.39 is 0 Å². The summed E-state index contributed by atoms with van der Waals surface area (Å²) in [5.41, 5.74) is 6.09. The maximum absolute atomic E-state index is 12.2. The van der Waals surface area contributed by atoms with Gasteiger partial charge in [0.15, 0.2) is 5.78 Å². The summed E-state index contributed by atoms with van der Waals surface area (Å²) >= 11 is 0. The predicted octanol–water partition coefficient (Wildman–Crippen LogP) is 0.735. The van der Waals surface area contributed by atoms with Crippen LogP contribution in [-0.4, -0.2) is 25.0 Å². The van der Waals surface area contributed by atoms with Gasteiger partial charge in [0.05, 0.1) is 6.54 Å². The number of quaternary nitrogens is 1. The first-order valence-corrected chi connectivity index (χ1v) is 7.29. The zero-order chi connectivity index (χ0) is 12.3. The van der Waals surface area contributed by atoms with E-state index in [2.05, 4.69) is 6.92 Å². The topological polar surface area (TPSA) is 47.5 Å². The molecule has 1 heterocycles. The third-order valence-corrected chi connectivity index (χ3v) is 4.66. The number of likely N-dealkylation sites (tertiary alicyclic amines) is 1. The molecule has 2 atom stereocenters. The third-order valence-electron chi connectivity index (χ3n) is 4.66. The summed E-state index contributed by atoms with van der Waals surface area (Å²) in [5, 5.41) is 0. The van der Waals surface area contributed by atoms with E-state index in [4.69, 9.17) is 5.73 Å². The van der Waals surface area contributed by atoms with Gasteiger partial charge in [-0.25, -0.2) is 0 Å². The predicted molar refractivity (Wildman–Crippen MR) is 68.7 cm³/mol. The molecule has 2 fully saturated rings. The van der Waals surface area contributed by atoms with Crippen molar-refractivity contribution in [1.29, 1.82) is 0 Å². The molecule has 0 aromatic carbocycles. The highest BCUT2D eigenvalue weighted by Gasteiger charge is 2.30. The average molecular weight is 239 g/mol. The van der Waals surface area contributed by atoms with Gasteiger partial charge in [0.1, 0.15) is 12.7 Å². The lowest BCUT2D eigenvalue weighted by Gasteiger charge is -2.31. The Labute approximate surface area is 105 Å². The number of nitrogens with one attached hydrogen (secondary N) is 1. The van der Waals surface area contributed by atoms with E-state index in [9.17, 15) is 4.79 Å². The van der Waals surface area contributed by atoms with Crippen LogP contribution in [0.3, 0.4) is 0 Å². The molecule has 1 saturated carbocycles. The smallest absolute Gasteiger partial charge is 0.189 e. The molecule has 17 heavy (non-hydrogen) atoms. The maximum atomic E-state index is 12.2. The highest BCUT2D eigenvalue weighted by molar-refractivity contribution is 5.81. The molecule has 2 unspecified atom stereocenters. The van der Waals surface area contributed by atoms with Crippen molar-refractivity contribution in [2.75, 3.05) is 13.1 Å². The maximum Gasteiger partial charge on any atom is 0.189 e. The van der Waals surface area contributed by atoms with E-state index in [1.807, 2.05) is 0 Å². The molecule has 0 aromatic heterocycles. The zero-order valence-corrected chi connectivity index (χ0v) is 11.1. The minimum Gasteiger partial charge on any atom is -0.314 e. The Morgan fingerprint density at radius 3 is 2.53 bits per heavy atom. The molecule has 0 aromatic rings. The minimum atomic E-state index is 0.204. The largest absolute Gasteiger partial charge is 0.314 e. The summed E-state index contributed by atoms with van der Waals surface area (Å²) in [6.45, 7) is 4.07. The lowest BCUT2D eigenvalue weighted by molar-refractivity contribution is -0.922. The Bertz CT molecular complexity index is 259. The van der Waals surface area contributed by atoms with E-state index in [1.165, 1.54) is 30.6 Å². The fourth-order valence-electron chi connectivity index (χ4n) is 3.28. The van der Waals surface area contributed by atoms with Crippen molar-refractivity contribution >= 4 is 5.78 Å².